The van der Waals surface area contributed by atoms with Crippen LogP contribution < -0.4 is 15.4 Å². The molecule has 0 aromatic heterocycles. The second-order valence-corrected chi connectivity index (χ2v) is 6.45. The third-order valence-corrected chi connectivity index (χ3v) is 4.33. The van der Waals surface area contributed by atoms with Crippen LogP contribution in [0.4, 0.5) is 0 Å². The van der Waals surface area contributed by atoms with Crippen molar-refractivity contribution in [3.05, 3.63) is 65.7 Å². The van der Waals surface area contributed by atoms with Gasteiger partial charge in [0, 0.05) is 19.1 Å². The Kier molecular flexibility index (Phi) is 8.14. The van der Waals surface area contributed by atoms with E-state index in [9.17, 15) is 0 Å². The molecule has 0 aliphatic rings. The molecule has 27 heavy (non-hydrogen) atoms. The van der Waals surface area contributed by atoms with Gasteiger partial charge in [0.15, 0.2) is 0 Å². The molecule has 1 unspecified atom stereocenters. The van der Waals surface area contributed by atoms with Gasteiger partial charge >= 0.3 is 0 Å². The first-order chi connectivity index (χ1) is 13.1. The van der Waals surface area contributed by atoms with Crippen molar-refractivity contribution in [2.24, 2.45) is 4.99 Å². The van der Waals surface area contributed by atoms with Gasteiger partial charge in [-0.1, -0.05) is 42.5 Å². The molecule has 0 heterocycles. The van der Waals surface area contributed by atoms with Crippen molar-refractivity contribution >= 4 is 5.96 Å². The molecule has 0 saturated heterocycles. The van der Waals surface area contributed by atoms with E-state index in [2.05, 4.69) is 58.9 Å². The number of hydrogen-bond donors (Lipinski definition) is 2. The van der Waals surface area contributed by atoms with Crippen molar-refractivity contribution in [3.8, 4) is 11.9 Å². The number of likely N-dealkylation sites (N-methyl/N-ethyl adjacent to an activating group) is 1. The molecule has 0 aliphatic heterocycles. The molecular formula is C21H27N5O. The van der Waals surface area contributed by atoms with Crippen molar-refractivity contribution in [2.45, 2.75) is 19.0 Å². The molecule has 6 heteroatoms. The second-order valence-electron chi connectivity index (χ2n) is 6.45. The first-order valence-corrected chi connectivity index (χ1v) is 8.90. The quantitative estimate of drug-likeness (QED) is 0.427. The van der Waals surface area contributed by atoms with Crippen LogP contribution in [0.15, 0.2) is 59.6 Å². The number of ether oxygens (including phenoxy) is 1. The van der Waals surface area contributed by atoms with E-state index in [1.54, 1.807) is 7.11 Å². The highest BCUT2D eigenvalue weighted by molar-refractivity contribution is 5.80. The Balaban J connectivity index is 1.91. The van der Waals surface area contributed by atoms with Gasteiger partial charge in [0.25, 0.3) is 0 Å². The molecule has 2 aromatic rings. The Bertz CT molecular complexity index is 750. The highest BCUT2D eigenvalue weighted by Crippen LogP contribution is 2.11. The fourth-order valence-electron chi connectivity index (χ4n) is 2.66. The van der Waals surface area contributed by atoms with Gasteiger partial charge in [0.05, 0.1) is 7.11 Å². The van der Waals surface area contributed by atoms with Crippen molar-refractivity contribution in [2.75, 3.05) is 27.7 Å². The summed E-state index contributed by atoms with van der Waals surface area (Å²) in [5.41, 5.74) is 2.36. The van der Waals surface area contributed by atoms with Crippen LogP contribution in [0.3, 0.4) is 0 Å². The molecule has 0 spiro atoms. The van der Waals surface area contributed by atoms with E-state index in [-0.39, 0.29) is 6.04 Å². The van der Waals surface area contributed by atoms with E-state index in [0.29, 0.717) is 19.0 Å². The van der Waals surface area contributed by atoms with Gasteiger partial charge in [0.1, 0.15) is 5.75 Å². The maximum atomic E-state index is 8.97. The summed E-state index contributed by atoms with van der Waals surface area (Å²) in [6, 6.07) is 18.4. The molecular weight excluding hydrogens is 338 g/mol. The van der Waals surface area contributed by atoms with Crippen molar-refractivity contribution in [1.82, 2.24) is 15.5 Å². The third-order valence-electron chi connectivity index (χ3n) is 4.33. The van der Waals surface area contributed by atoms with Gasteiger partial charge in [-0.2, -0.15) is 5.26 Å². The summed E-state index contributed by atoms with van der Waals surface area (Å²) in [4.78, 5) is 6.04. The van der Waals surface area contributed by atoms with E-state index in [1.165, 1.54) is 5.56 Å². The number of nitriles is 1. The summed E-state index contributed by atoms with van der Waals surface area (Å²) >= 11 is 0. The average molecular weight is 365 g/mol. The van der Waals surface area contributed by atoms with Gasteiger partial charge in [0.2, 0.25) is 12.2 Å². The summed E-state index contributed by atoms with van der Waals surface area (Å²) in [5.74, 6) is 1.30. The zero-order valence-electron chi connectivity index (χ0n) is 16.1. The van der Waals surface area contributed by atoms with Crippen LogP contribution in [-0.2, 0) is 13.0 Å². The normalized spacial score (nSPS) is 12.3. The molecule has 0 fully saturated rings. The van der Waals surface area contributed by atoms with Gasteiger partial charge in [-0.15, -0.1) is 4.99 Å². The van der Waals surface area contributed by atoms with Crippen molar-refractivity contribution < 1.29 is 4.74 Å². The third kappa shape index (κ3) is 7.00. The highest BCUT2D eigenvalue weighted by atomic mass is 16.5. The number of guanidine groups is 1. The molecule has 0 aliphatic carbocycles. The van der Waals surface area contributed by atoms with Gasteiger partial charge in [-0.05, 0) is 43.8 Å². The number of rotatable bonds is 8. The van der Waals surface area contributed by atoms with E-state index in [4.69, 9.17) is 10.00 Å². The van der Waals surface area contributed by atoms with Crippen LogP contribution in [0.5, 0.6) is 5.75 Å². The molecule has 0 amide bonds. The number of nitrogens with one attached hydrogen (secondary N) is 2. The lowest BCUT2D eigenvalue weighted by Gasteiger charge is -2.25. The largest absolute Gasteiger partial charge is 0.497 e. The Labute approximate surface area is 161 Å². The van der Waals surface area contributed by atoms with Crippen LogP contribution in [0.1, 0.15) is 11.1 Å². The lowest BCUT2D eigenvalue weighted by molar-refractivity contribution is 0.290. The van der Waals surface area contributed by atoms with Crippen molar-refractivity contribution in [3.63, 3.8) is 0 Å². The predicted molar refractivity (Wildman–Crippen MR) is 109 cm³/mol. The van der Waals surface area contributed by atoms with Gasteiger partial charge < -0.3 is 20.3 Å². The Morgan fingerprint density at radius 2 is 1.78 bits per heavy atom. The lowest BCUT2D eigenvalue weighted by atomic mass is 10.1. The minimum Gasteiger partial charge on any atom is -0.497 e. The monoisotopic (exact) mass is 365 g/mol. The maximum absolute atomic E-state index is 8.97. The Morgan fingerprint density at radius 3 is 2.37 bits per heavy atom. The van der Waals surface area contributed by atoms with Gasteiger partial charge in [-0.25, -0.2) is 0 Å². The SMILES string of the molecule is COc1ccc(CN/C(=N\C#N)NCC(Cc2ccccc2)N(C)C)cc1. The van der Waals surface area contributed by atoms with Crippen LogP contribution in [-0.4, -0.2) is 44.7 Å². The number of hydrogen-bond acceptors (Lipinski definition) is 4. The smallest absolute Gasteiger partial charge is 0.209 e. The summed E-state index contributed by atoms with van der Waals surface area (Å²) in [5, 5.41) is 15.4. The molecule has 6 nitrogen and oxygen atoms in total. The first kappa shape index (κ1) is 20.3. The number of aliphatic imine (C=N–C) groups is 1. The number of methoxy groups -OCH3 is 1. The van der Waals surface area contributed by atoms with Crippen LogP contribution in [0.2, 0.25) is 0 Å². The Hall–Kier alpha value is -3.04. The van der Waals surface area contributed by atoms with E-state index >= 15 is 0 Å². The zero-order chi connectivity index (χ0) is 19.5. The van der Waals surface area contributed by atoms with E-state index < -0.39 is 0 Å². The molecule has 2 aromatic carbocycles. The van der Waals surface area contributed by atoms with Gasteiger partial charge in [-0.3, -0.25) is 0 Å². The molecule has 2 rings (SSSR count). The molecule has 0 saturated carbocycles. The molecule has 2 N–H and O–H groups in total. The van der Waals surface area contributed by atoms with Crippen molar-refractivity contribution in [1.29, 1.82) is 5.26 Å². The summed E-state index contributed by atoms with van der Waals surface area (Å²) in [6.07, 6.45) is 2.77. The fourth-order valence-corrected chi connectivity index (χ4v) is 2.66. The van der Waals surface area contributed by atoms with Crippen LogP contribution >= 0.6 is 0 Å². The number of nitrogens with zero attached hydrogens (tertiary/aromatic N) is 3. The number of benzene rings is 2. The fraction of sp³-hybridized carbons (Fsp3) is 0.333. The maximum Gasteiger partial charge on any atom is 0.209 e. The molecule has 142 valence electrons. The lowest BCUT2D eigenvalue weighted by Crippen LogP contribution is -2.45. The van der Waals surface area contributed by atoms with E-state index in [1.807, 2.05) is 36.5 Å². The molecule has 1 atom stereocenters. The van der Waals surface area contributed by atoms with Crippen LogP contribution in [0.25, 0.3) is 0 Å². The topological polar surface area (TPSA) is 72.7 Å². The minimum absolute atomic E-state index is 0.277. The zero-order valence-corrected chi connectivity index (χ0v) is 16.1. The molecule has 0 radical (unpaired) electrons. The molecule has 0 bridgehead atoms. The summed E-state index contributed by atoms with van der Waals surface area (Å²) in [7, 11) is 5.76. The second kappa shape index (κ2) is 10.8. The minimum atomic E-state index is 0.277. The predicted octanol–water partition coefficient (Wildman–Crippen LogP) is 2.38. The van der Waals surface area contributed by atoms with Crippen LogP contribution in [0, 0.1) is 11.5 Å². The first-order valence-electron chi connectivity index (χ1n) is 8.90. The Morgan fingerprint density at radius 1 is 1.07 bits per heavy atom. The summed E-state index contributed by atoms with van der Waals surface area (Å²) < 4.78 is 5.17. The summed E-state index contributed by atoms with van der Waals surface area (Å²) in [6.45, 7) is 1.25. The highest BCUT2D eigenvalue weighted by Gasteiger charge is 2.13. The van der Waals surface area contributed by atoms with E-state index in [0.717, 1.165) is 17.7 Å². The standard InChI is InChI=1S/C21H27N5O/c1-26(2)19(13-17-7-5-4-6-8-17)15-24-21(25-16-22)23-14-18-9-11-20(27-3)12-10-18/h4-12,19H,13-15H2,1-3H3,(H2,23,24,25). The average Bonchev–Trinajstić information content (AvgIpc) is 2.70.